The molecule has 0 spiro atoms. The Kier molecular flexibility index (Phi) is 6.65. The number of piperidine rings is 1. The minimum absolute atomic E-state index is 0.109. The molecule has 0 bridgehead atoms. The van der Waals surface area contributed by atoms with Gasteiger partial charge in [-0.2, -0.15) is 14.5 Å². The summed E-state index contributed by atoms with van der Waals surface area (Å²) in [4.78, 5) is 12.8. The number of rotatable bonds is 7. The summed E-state index contributed by atoms with van der Waals surface area (Å²) in [7, 11) is -1.95. The van der Waals surface area contributed by atoms with Gasteiger partial charge in [0.15, 0.2) is 0 Å². The minimum Gasteiger partial charge on any atom is -0.356 e. The van der Waals surface area contributed by atoms with Crippen LogP contribution in [0.2, 0.25) is 5.02 Å². The summed E-state index contributed by atoms with van der Waals surface area (Å²) in [6.07, 6.45) is 5.19. The van der Waals surface area contributed by atoms with Gasteiger partial charge in [0.05, 0.1) is 28.5 Å². The fourth-order valence-electron chi connectivity index (χ4n) is 3.45. The van der Waals surface area contributed by atoms with E-state index >= 15 is 0 Å². The molecular weight excluding hydrogens is 416 g/mol. The molecule has 11 heteroatoms. The molecule has 2 aromatic heterocycles. The van der Waals surface area contributed by atoms with Gasteiger partial charge in [-0.15, -0.1) is 0 Å². The van der Waals surface area contributed by atoms with E-state index < -0.39 is 10.0 Å². The highest BCUT2D eigenvalue weighted by atomic mass is 35.5. The van der Waals surface area contributed by atoms with Crippen molar-refractivity contribution in [1.29, 1.82) is 0 Å². The van der Waals surface area contributed by atoms with Gasteiger partial charge < -0.3 is 5.32 Å². The molecule has 9 nitrogen and oxygen atoms in total. The average Bonchev–Trinajstić information content (AvgIpc) is 3.20. The van der Waals surface area contributed by atoms with Crippen LogP contribution in [0.4, 0.5) is 0 Å². The predicted octanol–water partition coefficient (Wildman–Crippen LogP) is 1.49. The van der Waals surface area contributed by atoms with Gasteiger partial charge in [0.25, 0.3) is 0 Å². The molecule has 0 aromatic carbocycles. The van der Waals surface area contributed by atoms with Crippen molar-refractivity contribution in [3.05, 3.63) is 28.8 Å². The van der Waals surface area contributed by atoms with E-state index in [1.165, 1.54) is 15.2 Å². The number of carbonyl (C=O) groups excluding carboxylic acids is 1. The van der Waals surface area contributed by atoms with Crippen LogP contribution >= 0.6 is 11.6 Å². The predicted molar refractivity (Wildman–Crippen MR) is 109 cm³/mol. The number of nitrogens with zero attached hydrogens (tertiary/aromatic N) is 5. The first kappa shape index (κ1) is 21.8. The Labute approximate surface area is 176 Å². The third-order valence-electron chi connectivity index (χ3n) is 5.31. The summed E-state index contributed by atoms with van der Waals surface area (Å²) in [6.45, 7) is 5.33. The third kappa shape index (κ3) is 4.81. The molecule has 0 saturated carbocycles. The molecular formula is C18H27ClN6O3S. The summed E-state index contributed by atoms with van der Waals surface area (Å²) in [5.41, 5.74) is 1.37. The maximum atomic E-state index is 13.0. The van der Waals surface area contributed by atoms with Gasteiger partial charge in [0.2, 0.25) is 15.9 Å². The van der Waals surface area contributed by atoms with Crippen molar-refractivity contribution >= 4 is 27.5 Å². The highest BCUT2D eigenvalue weighted by Crippen LogP contribution is 2.25. The second kappa shape index (κ2) is 8.85. The summed E-state index contributed by atoms with van der Waals surface area (Å²) in [5.74, 6) is -0.459. The number of hydrogen-bond acceptors (Lipinski definition) is 5. The number of amides is 1. The van der Waals surface area contributed by atoms with Gasteiger partial charge in [-0.05, 0) is 33.1 Å². The zero-order chi connectivity index (χ0) is 21.2. The summed E-state index contributed by atoms with van der Waals surface area (Å²) in [5, 5.41) is 11.9. The van der Waals surface area contributed by atoms with Crippen LogP contribution in [0.15, 0.2) is 17.3 Å². The lowest BCUT2D eigenvalue weighted by Crippen LogP contribution is -2.45. The standard InChI is InChI=1S/C18H27ClN6O3S/c1-13-16(19)12-24(22-13)8-5-7-20-18(26)15-6-4-9-25(11-15)29(27,28)17-10-21-23(3)14(17)2/h10,12,15H,4-9,11H2,1-3H3,(H,20,26). The number of halogens is 1. The lowest BCUT2D eigenvalue weighted by atomic mass is 9.99. The number of sulfonamides is 1. The van der Waals surface area contributed by atoms with Crippen molar-refractivity contribution in [1.82, 2.24) is 29.2 Å². The molecule has 160 valence electrons. The molecule has 1 saturated heterocycles. The smallest absolute Gasteiger partial charge is 0.246 e. The quantitative estimate of drug-likeness (QED) is 0.654. The van der Waals surface area contributed by atoms with Gasteiger partial charge in [-0.1, -0.05) is 11.6 Å². The molecule has 0 radical (unpaired) electrons. The zero-order valence-electron chi connectivity index (χ0n) is 16.9. The van der Waals surface area contributed by atoms with Gasteiger partial charge in [0.1, 0.15) is 4.90 Å². The number of carbonyl (C=O) groups is 1. The molecule has 1 fully saturated rings. The van der Waals surface area contributed by atoms with E-state index in [9.17, 15) is 13.2 Å². The fraction of sp³-hybridized carbons (Fsp3) is 0.611. The van der Waals surface area contributed by atoms with Crippen molar-refractivity contribution < 1.29 is 13.2 Å². The first-order valence-corrected chi connectivity index (χ1v) is 11.5. The van der Waals surface area contributed by atoms with Gasteiger partial charge in [-0.3, -0.25) is 14.2 Å². The first-order chi connectivity index (χ1) is 13.7. The second-order valence-electron chi connectivity index (χ2n) is 7.39. The van der Waals surface area contributed by atoms with E-state index in [0.717, 1.165) is 5.69 Å². The molecule has 1 amide bonds. The first-order valence-electron chi connectivity index (χ1n) is 9.66. The van der Waals surface area contributed by atoms with Crippen molar-refractivity contribution in [2.75, 3.05) is 19.6 Å². The SMILES string of the molecule is Cc1nn(CCCNC(=O)C2CCCN(S(=O)(=O)c3cnn(C)c3C)C2)cc1Cl. The van der Waals surface area contributed by atoms with E-state index in [4.69, 9.17) is 11.6 Å². The van der Waals surface area contributed by atoms with Crippen LogP contribution in [0.25, 0.3) is 0 Å². The van der Waals surface area contributed by atoms with Crippen molar-refractivity contribution in [2.24, 2.45) is 13.0 Å². The molecule has 3 rings (SSSR count). The van der Waals surface area contributed by atoms with Crippen LogP contribution in [0.5, 0.6) is 0 Å². The van der Waals surface area contributed by atoms with Gasteiger partial charge in [-0.25, -0.2) is 8.42 Å². The van der Waals surface area contributed by atoms with Crippen LogP contribution < -0.4 is 5.32 Å². The lowest BCUT2D eigenvalue weighted by molar-refractivity contribution is -0.126. The van der Waals surface area contributed by atoms with E-state index in [-0.39, 0.29) is 23.3 Å². The fourth-order valence-corrected chi connectivity index (χ4v) is 5.31. The molecule has 3 heterocycles. The van der Waals surface area contributed by atoms with Crippen molar-refractivity contribution in [2.45, 2.75) is 44.6 Å². The topological polar surface area (TPSA) is 102 Å². The lowest BCUT2D eigenvalue weighted by Gasteiger charge is -2.31. The Bertz CT molecular complexity index is 964. The monoisotopic (exact) mass is 442 g/mol. The van der Waals surface area contributed by atoms with Crippen LogP contribution in [-0.2, 0) is 28.4 Å². The normalized spacial score (nSPS) is 18.1. The number of aryl methyl sites for hydroxylation is 3. The highest BCUT2D eigenvalue weighted by molar-refractivity contribution is 7.89. The Morgan fingerprint density at radius 1 is 1.38 bits per heavy atom. The number of nitrogens with one attached hydrogen (secondary N) is 1. The molecule has 1 unspecified atom stereocenters. The molecule has 2 aromatic rings. The number of aromatic nitrogens is 4. The minimum atomic E-state index is -3.66. The van der Waals surface area contributed by atoms with E-state index in [2.05, 4.69) is 15.5 Å². The zero-order valence-corrected chi connectivity index (χ0v) is 18.5. The molecule has 1 atom stereocenters. The van der Waals surface area contributed by atoms with Crippen molar-refractivity contribution in [3.8, 4) is 0 Å². The second-order valence-corrected chi connectivity index (χ2v) is 9.70. The number of hydrogen-bond donors (Lipinski definition) is 1. The average molecular weight is 443 g/mol. The van der Waals surface area contributed by atoms with Gasteiger partial charge in [0, 0.05) is 39.4 Å². The Morgan fingerprint density at radius 3 is 2.76 bits per heavy atom. The molecule has 29 heavy (non-hydrogen) atoms. The van der Waals surface area contributed by atoms with Gasteiger partial charge >= 0.3 is 0 Å². The van der Waals surface area contributed by atoms with Crippen LogP contribution in [0, 0.1) is 19.8 Å². The molecule has 1 aliphatic heterocycles. The Hall–Kier alpha value is -1.91. The maximum absolute atomic E-state index is 13.0. The van der Waals surface area contributed by atoms with Crippen molar-refractivity contribution in [3.63, 3.8) is 0 Å². The van der Waals surface area contributed by atoms with E-state index in [1.54, 1.807) is 24.9 Å². The molecule has 1 N–H and O–H groups in total. The van der Waals surface area contributed by atoms with Crippen LogP contribution in [0.3, 0.4) is 0 Å². The van der Waals surface area contributed by atoms with E-state index in [1.807, 2.05) is 6.92 Å². The Morgan fingerprint density at radius 2 is 2.14 bits per heavy atom. The highest BCUT2D eigenvalue weighted by Gasteiger charge is 2.34. The van der Waals surface area contributed by atoms with E-state index in [0.29, 0.717) is 49.6 Å². The third-order valence-corrected chi connectivity index (χ3v) is 7.65. The van der Waals surface area contributed by atoms with Crippen LogP contribution in [-0.4, -0.2) is 57.8 Å². The van der Waals surface area contributed by atoms with Crippen LogP contribution in [0.1, 0.15) is 30.7 Å². The summed E-state index contributed by atoms with van der Waals surface area (Å²) < 4.78 is 30.6. The summed E-state index contributed by atoms with van der Waals surface area (Å²) >= 11 is 5.99. The maximum Gasteiger partial charge on any atom is 0.246 e. The summed E-state index contributed by atoms with van der Waals surface area (Å²) in [6, 6.07) is 0. The molecule has 0 aliphatic carbocycles. The Balaban J connectivity index is 1.53. The largest absolute Gasteiger partial charge is 0.356 e. The molecule has 1 aliphatic rings.